The summed E-state index contributed by atoms with van der Waals surface area (Å²) in [6, 6.07) is -1.82. The van der Waals surface area contributed by atoms with Crippen molar-refractivity contribution in [3.63, 3.8) is 0 Å². The Morgan fingerprint density at radius 2 is 1.86 bits per heavy atom. The fourth-order valence-corrected chi connectivity index (χ4v) is 2.27. The van der Waals surface area contributed by atoms with Gasteiger partial charge in [0, 0.05) is 58.0 Å². The number of nitrogens with zero attached hydrogens (tertiary/aromatic N) is 4. The number of rotatable bonds is 9. The number of hydrogen-bond donors (Lipinski definition) is 5. The van der Waals surface area contributed by atoms with Crippen LogP contribution >= 0.6 is 0 Å². The van der Waals surface area contributed by atoms with Crippen molar-refractivity contribution in [2.75, 3.05) is 6.54 Å². The molecule has 2 aromatic rings. The van der Waals surface area contributed by atoms with Gasteiger partial charge in [0.25, 0.3) is 0 Å². The van der Waals surface area contributed by atoms with Crippen LogP contribution in [0.3, 0.4) is 0 Å². The number of hydrogen-bond acceptors (Lipinski definition) is 7. The Balaban J connectivity index is 0.000000308. The van der Waals surface area contributed by atoms with E-state index < -0.39 is 24.0 Å². The van der Waals surface area contributed by atoms with Gasteiger partial charge in [0.2, 0.25) is 5.91 Å². The van der Waals surface area contributed by atoms with Gasteiger partial charge in [0.1, 0.15) is 12.1 Å². The number of aryl methyl sites for hydroxylation is 2. The molecular formula is C17H27N7O5. The Morgan fingerprint density at radius 3 is 2.31 bits per heavy atom. The molecule has 0 fully saturated rings. The number of carbonyl (C=O) groups is 3. The highest BCUT2D eigenvalue weighted by molar-refractivity contribution is 5.83. The molecule has 12 nitrogen and oxygen atoms in total. The highest BCUT2D eigenvalue weighted by Crippen LogP contribution is 2.02. The van der Waals surface area contributed by atoms with Gasteiger partial charge in [0.05, 0.1) is 18.3 Å². The molecule has 0 aliphatic carbocycles. The molecule has 0 radical (unpaired) electrons. The largest absolute Gasteiger partial charge is 0.480 e. The topological polar surface area (TPSA) is 191 Å². The zero-order valence-corrected chi connectivity index (χ0v) is 16.4. The van der Waals surface area contributed by atoms with Crippen molar-refractivity contribution in [1.29, 1.82) is 0 Å². The Kier molecular flexibility index (Phi) is 9.48. The molecule has 1 unspecified atom stereocenters. The summed E-state index contributed by atoms with van der Waals surface area (Å²) in [5.74, 6) is -2.43. The number of imidazole rings is 2. The molecule has 2 rings (SSSR count). The van der Waals surface area contributed by atoms with Gasteiger partial charge in [-0.05, 0) is 0 Å². The molecule has 0 bridgehead atoms. The molecule has 29 heavy (non-hydrogen) atoms. The van der Waals surface area contributed by atoms with Gasteiger partial charge in [0.15, 0.2) is 0 Å². The SMILES string of the molecule is Cn1cnc(CC(N)C(=O)O)c1.Cn1cncc1C[C@H](NC(=O)CCN)C(=O)O. The van der Waals surface area contributed by atoms with Crippen LogP contribution in [0, 0.1) is 0 Å². The fourth-order valence-electron chi connectivity index (χ4n) is 2.27. The summed E-state index contributed by atoms with van der Waals surface area (Å²) >= 11 is 0. The highest BCUT2D eigenvalue weighted by atomic mass is 16.4. The van der Waals surface area contributed by atoms with Crippen molar-refractivity contribution in [2.24, 2.45) is 25.6 Å². The average molecular weight is 409 g/mol. The zero-order chi connectivity index (χ0) is 22.0. The molecule has 2 atom stereocenters. The first-order chi connectivity index (χ1) is 13.6. The Morgan fingerprint density at radius 1 is 1.17 bits per heavy atom. The molecule has 0 saturated carbocycles. The second kappa shape index (κ2) is 11.6. The summed E-state index contributed by atoms with van der Waals surface area (Å²) in [6.07, 6.45) is 7.11. The number of carbonyl (C=O) groups excluding carboxylic acids is 1. The second-order valence-electron chi connectivity index (χ2n) is 6.38. The number of aromatic nitrogens is 4. The van der Waals surface area contributed by atoms with E-state index in [1.165, 1.54) is 0 Å². The molecule has 0 aliphatic heterocycles. The molecule has 0 spiro atoms. The normalized spacial score (nSPS) is 12.4. The third kappa shape index (κ3) is 8.53. The van der Waals surface area contributed by atoms with Crippen LogP contribution in [0.5, 0.6) is 0 Å². The Hall–Kier alpha value is -3.25. The van der Waals surface area contributed by atoms with Crippen LogP contribution in [0.1, 0.15) is 17.8 Å². The minimum Gasteiger partial charge on any atom is -0.480 e. The third-order valence-electron chi connectivity index (χ3n) is 3.84. The maximum Gasteiger partial charge on any atom is 0.326 e. The molecule has 0 saturated heterocycles. The molecule has 0 aliphatic rings. The van der Waals surface area contributed by atoms with E-state index in [1.807, 2.05) is 7.05 Å². The first-order valence-electron chi connectivity index (χ1n) is 8.76. The van der Waals surface area contributed by atoms with Crippen molar-refractivity contribution < 1.29 is 24.6 Å². The lowest BCUT2D eigenvalue weighted by Crippen LogP contribution is -2.43. The molecule has 0 aromatic carbocycles. The predicted molar refractivity (Wildman–Crippen MR) is 103 cm³/mol. The number of carboxylic acids is 2. The van der Waals surface area contributed by atoms with E-state index in [9.17, 15) is 14.4 Å². The first-order valence-corrected chi connectivity index (χ1v) is 8.76. The van der Waals surface area contributed by atoms with Crippen LogP contribution in [-0.2, 0) is 41.3 Å². The number of nitrogens with two attached hydrogens (primary N) is 2. The third-order valence-corrected chi connectivity index (χ3v) is 3.84. The lowest BCUT2D eigenvalue weighted by atomic mass is 10.1. The molecule has 1 amide bonds. The summed E-state index contributed by atoms with van der Waals surface area (Å²) in [5.41, 5.74) is 12.0. The highest BCUT2D eigenvalue weighted by Gasteiger charge is 2.21. The molecule has 7 N–H and O–H groups in total. The van der Waals surface area contributed by atoms with Crippen molar-refractivity contribution in [3.8, 4) is 0 Å². The van der Waals surface area contributed by atoms with Gasteiger partial charge in [-0.1, -0.05) is 0 Å². The zero-order valence-electron chi connectivity index (χ0n) is 16.4. The van der Waals surface area contributed by atoms with Crippen LogP contribution in [0.4, 0.5) is 0 Å². The van der Waals surface area contributed by atoms with Gasteiger partial charge in [-0.25, -0.2) is 14.8 Å². The molecule has 2 heterocycles. The van der Waals surface area contributed by atoms with Crippen molar-refractivity contribution in [3.05, 3.63) is 36.4 Å². The van der Waals surface area contributed by atoms with Gasteiger partial charge in [-0.3, -0.25) is 9.59 Å². The van der Waals surface area contributed by atoms with E-state index in [-0.39, 0.29) is 31.7 Å². The summed E-state index contributed by atoms with van der Waals surface area (Å²) in [5, 5.41) is 19.9. The second-order valence-corrected chi connectivity index (χ2v) is 6.38. The number of aliphatic carboxylic acids is 2. The van der Waals surface area contributed by atoms with Gasteiger partial charge >= 0.3 is 11.9 Å². The summed E-state index contributed by atoms with van der Waals surface area (Å²) in [4.78, 5) is 40.5. The van der Waals surface area contributed by atoms with E-state index in [0.29, 0.717) is 5.69 Å². The lowest BCUT2D eigenvalue weighted by molar-refractivity contribution is -0.141. The monoisotopic (exact) mass is 409 g/mol. The van der Waals surface area contributed by atoms with Crippen LogP contribution in [-0.4, -0.2) is 65.8 Å². The minimum atomic E-state index is -1.07. The maximum atomic E-state index is 11.3. The van der Waals surface area contributed by atoms with Crippen LogP contribution in [0.25, 0.3) is 0 Å². The van der Waals surface area contributed by atoms with Gasteiger partial charge in [-0.2, -0.15) is 0 Å². The van der Waals surface area contributed by atoms with E-state index in [4.69, 9.17) is 21.7 Å². The quantitative estimate of drug-likeness (QED) is 0.319. The fraction of sp³-hybridized carbons (Fsp3) is 0.471. The van der Waals surface area contributed by atoms with Crippen LogP contribution in [0.15, 0.2) is 25.0 Å². The standard InChI is InChI=1S/C10H16N4O3.C7H11N3O2/c1-14-6-12-5-7(14)4-8(10(16)17)13-9(15)2-3-11;1-10-3-5(9-4-10)2-6(8)7(11)12/h5-6,8H,2-4,11H2,1H3,(H,13,15)(H,16,17);3-4,6H,2,8H2,1H3,(H,11,12)/t8-;/m0./s1. The smallest absolute Gasteiger partial charge is 0.326 e. The Labute approximate surface area is 167 Å². The minimum absolute atomic E-state index is 0.120. The molecule has 2 aromatic heterocycles. The van der Waals surface area contributed by atoms with Gasteiger partial charge in [-0.15, -0.1) is 0 Å². The molecule has 12 heteroatoms. The Bertz CT molecular complexity index is 817. The van der Waals surface area contributed by atoms with Gasteiger partial charge < -0.3 is 36.1 Å². The van der Waals surface area contributed by atoms with Crippen LogP contribution in [0.2, 0.25) is 0 Å². The average Bonchev–Trinajstić information content (AvgIpc) is 3.23. The molecular weight excluding hydrogens is 382 g/mol. The number of carboxylic acid groups (broad SMARTS) is 2. The van der Waals surface area contributed by atoms with Crippen LogP contribution < -0.4 is 16.8 Å². The number of amides is 1. The van der Waals surface area contributed by atoms with E-state index in [2.05, 4.69) is 15.3 Å². The van der Waals surface area contributed by atoms with E-state index in [1.54, 1.807) is 41.2 Å². The summed E-state index contributed by atoms with van der Waals surface area (Å²) < 4.78 is 3.47. The lowest BCUT2D eigenvalue weighted by Gasteiger charge is -2.14. The summed E-state index contributed by atoms with van der Waals surface area (Å²) in [6.45, 7) is 0.198. The first kappa shape index (κ1) is 23.8. The molecule has 160 valence electrons. The van der Waals surface area contributed by atoms with Crippen molar-refractivity contribution in [1.82, 2.24) is 24.4 Å². The van der Waals surface area contributed by atoms with Crippen molar-refractivity contribution in [2.45, 2.75) is 31.3 Å². The predicted octanol–water partition coefficient (Wildman–Crippen LogP) is -1.74. The summed E-state index contributed by atoms with van der Waals surface area (Å²) in [7, 11) is 3.59. The van der Waals surface area contributed by atoms with Crippen molar-refractivity contribution >= 4 is 17.8 Å². The number of nitrogens with one attached hydrogen (secondary N) is 1. The van der Waals surface area contributed by atoms with E-state index >= 15 is 0 Å². The maximum absolute atomic E-state index is 11.3. The van der Waals surface area contributed by atoms with E-state index in [0.717, 1.165) is 5.69 Å².